The van der Waals surface area contributed by atoms with Crippen LogP contribution in [0.25, 0.3) is 0 Å². The second-order valence-electron chi connectivity index (χ2n) is 6.42. The van der Waals surface area contributed by atoms with E-state index in [0.717, 1.165) is 5.92 Å². The van der Waals surface area contributed by atoms with E-state index in [1.165, 1.54) is 88.6 Å². The normalized spacial score (nSPS) is 18.3. The van der Waals surface area contributed by atoms with Crippen molar-refractivity contribution < 1.29 is 0 Å². The van der Waals surface area contributed by atoms with Gasteiger partial charge in [0.25, 0.3) is 0 Å². The van der Waals surface area contributed by atoms with Gasteiger partial charge in [-0.15, -0.1) is 0 Å². The molecule has 0 amide bonds. The summed E-state index contributed by atoms with van der Waals surface area (Å²) in [4.78, 5) is 0. The number of hydrazine groups is 1. The van der Waals surface area contributed by atoms with Gasteiger partial charge in [-0.2, -0.15) is 11.8 Å². The number of unbranched alkanes of at least 4 members (excludes halogenated alkanes) is 7. The second kappa shape index (κ2) is 13.0. The second-order valence-corrected chi connectivity index (χ2v) is 7.64. The monoisotopic (exact) mass is 300 g/mol. The van der Waals surface area contributed by atoms with Crippen LogP contribution in [0.1, 0.15) is 84.0 Å². The predicted octanol–water partition coefficient (Wildman–Crippen LogP) is 4.88. The third-order valence-electron chi connectivity index (χ3n) is 4.60. The van der Waals surface area contributed by atoms with E-state index < -0.39 is 0 Å². The van der Waals surface area contributed by atoms with E-state index in [2.05, 4.69) is 24.1 Å². The highest BCUT2D eigenvalue weighted by molar-refractivity contribution is 7.99. The Hall–Kier alpha value is 0.270. The molecule has 0 aromatic rings. The minimum atomic E-state index is 0.559. The van der Waals surface area contributed by atoms with Crippen LogP contribution in [0.4, 0.5) is 0 Å². The van der Waals surface area contributed by atoms with Gasteiger partial charge in [0.1, 0.15) is 0 Å². The van der Waals surface area contributed by atoms with Crippen molar-refractivity contribution >= 4 is 11.8 Å². The molecule has 1 rings (SSSR count). The Labute approximate surface area is 131 Å². The Morgan fingerprint density at radius 1 is 1.00 bits per heavy atom. The maximum Gasteiger partial charge on any atom is 0.0213 e. The number of rotatable bonds is 12. The molecular weight excluding hydrogens is 264 g/mol. The van der Waals surface area contributed by atoms with Crippen molar-refractivity contribution in [2.24, 2.45) is 11.8 Å². The molecular formula is C17H36N2S. The van der Waals surface area contributed by atoms with Gasteiger partial charge in [-0.25, -0.2) is 0 Å². The van der Waals surface area contributed by atoms with Gasteiger partial charge in [0, 0.05) is 6.04 Å². The number of nitrogens with two attached hydrogens (primary N) is 1. The Morgan fingerprint density at radius 3 is 2.20 bits per heavy atom. The number of thioether (sulfide) groups is 1. The molecule has 1 saturated heterocycles. The third kappa shape index (κ3) is 9.25. The smallest absolute Gasteiger partial charge is 0.0213 e. The van der Waals surface area contributed by atoms with Gasteiger partial charge in [0.2, 0.25) is 0 Å². The molecule has 0 aliphatic carbocycles. The van der Waals surface area contributed by atoms with E-state index in [4.69, 9.17) is 5.84 Å². The Bertz CT molecular complexity index is 205. The van der Waals surface area contributed by atoms with Crippen LogP contribution in [0, 0.1) is 5.92 Å². The molecule has 2 nitrogen and oxygen atoms in total. The summed E-state index contributed by atoms with van der Waals surface area (Å²) in [7, 11) is 0. The molecule has 0 spiro atoms. The lowest BCUT2D eigenvalue weighted by molar-refractivity contribution is 0.345. The first-order valence-corrected chi connectivity index (χ1v) is 10.1. The summed E-state index contributed by atoms with van der Waals surface area (Å²) in [5.74, 6) is 9.37. The summed E-state index contributed by atoms with van der Waals surface area (Å²) < 4.78 is 0. The molecule has 1 unspecified atom stereocenters. The highest BCUT2D eigenvalue weighted by Gasteiger charge is 2.18. The first-order chi connectivity index (χ1) is 9.86. The lowest BCUT2D eigenvalue weighted by Gasteiger charge is -2.26. The van der Waals surface area contributed by atoms with Gasteiger partial charge in [0.15, 0.2) is 0 Å². The first kappa shape index (κ1) is 18.3. The van der Waals surface area contributed by atoms with Crippen LogP contribution >= 0.6 is 11.8 Å². The Kier molecular flexibility index (Phi) is 11.9. The average molecular weight is 301 g/mol. The molecule has 1 heterocycles. The van der Waals surface area contributed by atoms with E-state index in [1.807, 2.05) is 0 Å². The third-order valence-corrected chi connectivity index (χ3v) is 5.65. The summed E-state index contributed by atoms with van der Waals surface area (Å²) in [6.07, 6.45) is 16.6. The molecule has 3 N–H and O–H groups in total. The van der Waals surface area contributed by atoms with Crippen LogP contribution < -0.4 is 11.3 Å². The molecule has 0 aromatic carbocycles. The van der Waals surface area contributed by atoms with Crippen molar-refractivity contribution in [2.45, 2.75) is 90.0 Å². The molecule has 1 atom stereocenters. The molecule has 0 aromatic heterocycles. The fourth-order valence-electron chi connectivity index (χ4n) is 3.18. The summed E-state index contributed by atoms with van der Waals surface area (Å²) in [6.45, 7) is 2.28. The van der Waals surface area contributed by atoms with E-state index in [1.54, 1.807) is 0 Å². The molecule has 1 fully saturated rings. The van der Waals surface area contributed by atoms with Crippen molar-refractivity contribution in [3.8, 4) is 0 Å². The number of hydrogen-bond acceptors (Lipinski definition) is 3. The van der Waals surface area contributed by atoms with Crippen LogP contribution in [-0.4, -0.2) is 17.5 Å². The first-order valence-electron chi connectivity index (χ1n) is 8.90. The standard InChI is InChI=1S/C17H36N2S/c1-2-3-4-5-6-7-8-9-10-17(19-18)15-16-11-13-20-14-12-16/h16-17,19H,2-15,18H2,1H3. The van der Waals surface area contributed by atoms with Crippen molar-refractivity contribution in [3.63, 3.8) is 0 Å². The molecule has 1 aliphatic rings. The van der Waals surface area contributed by atoms with Gasteiger partial charge in [-0.3, -0.25) is 11.3 Å². The van der Waals surface area contributed by atoms with Crippen LogP contribution in [0.15, 0.2) is 0 Å². The lowest BCUT2D eigenvalue weighted by atomic mass is 9.92. The highest BCUT2D eigenvalue weighted by atomic mass is 32.2. The number of hydrogen-bond donors (Lipinski definition) is 2. The quantitative estimate of drug-likeness (QED) is 0.306. The van der Waals surface area contributed by atoms with Gasteiger partial charge in [0.05, 0.1) is 0 Å². The van der Waals surface area contributed by atoms with Crippen molar-refractivity contribution in [2.75, 3.05) is 11.5 Å². The van der Waals surface area contributed by atoms with E-state index >= 15 is 0 Å². The van der Waals surface area contributed by atoms with E-state index in [9.17, 15) is 0 Å². The predicted molar refractivity (Wildman–Crippen MR) is 93.0 cm³/mol. The Balaban J connectivity index is 1.94. The Morgan fingerprint density at radius 2 is 1.60 bits per heavy atom. The zero-order valence-corrected chi connectivity index (χ0v) is 14.4. The summed E-state index contributed by atoms with van der Waals surface area (Å²) in [5.41, 5.74) is 3.06. The van der Waals surface area contributed by atoms with E-state index in [-0.39, 0.29) is 0 Å². The van der Waals surface area contributed by atoms with Crippen LogP contribution in [0.2, 0.25) is 0 Å². The van der Waals surface area contributed by atoms with Gasteiger partial charge in [-0.05, 0) is 43.1 Å². The fraction of sp³-hybridized carbons (Fsp3) is 1.00. The van der Waals surface area contributed by atoms with E-state index in [0.29, 0.717) is 6.04 Å². The zero-order chi connectivity index (χ0) is 14.5. The zero-order valence-electron chi connectivity index (χ0n) is 13.5. The molecule has 1 aliphatic heterocycles. The molecule has 20 heavy (non-hydrogen) atoms. The topological polar surface area (TPSA) is 38.0 Å². The summed E-state index contributed by atoms with van der Waals surface area (Å²) in [6, 6.07) is 0.559. The van der Waals surface area contributed by atoms with Crippen LogP contribution in [0.3, 0.4) is 0 Å². The highest BCUT2D eigenvalue weighted by Crippen LogP contribution is 2.27. The summed E-state index contributed by atoms with van der Waals surface area (Å²) in [5, 5.41) is 0. The summed E-state index contributed by atoms with van der Waals surface area (Å²) >= 11 is 2.11. The van der Waals surface area contributed by atoms with Crippen LogP contribution in [-0.2, 0) is 0 Å². The van der Waals surface area contributed by atoms with Gasteiger partial charge < -0.3 is 0 Å². The maximum absolute atomic E-state index is 5.73. The molecule has 3 heteroatoms. The average Bonchev–Trinajstić information content (AvgIpc) is 2.49. The van der Waals surface area contributed by atoms with Crippen molar-refractivity contribution in [3.05, 3.63) is 0 Å². The number of nitrogens with one attached hydrogen (secondary N) is 1. The SMILES string of the molecule is CCCCCCCCCCC(CC1CCSCC1)NN. The van der Waals surface area contributed by atoms with Crippen molar-refractivity contribution in [1.82, 2.24) is 5.43 Å². The maximum atomic E-state index is 5.73. The molecule has 120 valence electrons. The van der Waals surface area contributed by atoms with Crippen LogP contribution in [0.5, 0.6) is 0 Å². The molecule has 0 bridgehead atoms. The van der Waals surface area contributed by atoms with Gasteiger partial charge in [-0.1, -0.05) is 58.3 Å². The molecule has 0 saturated carbocycles. The largest absolute Gasteiger partial charge is 0.271 e. The van der Waals surface area contributed by atoms with Crippen molar-refractivity contribution in [1.29, 1.82) is 0 Å². The lowest BCUT2D eigenvalue weighted by Crippen LogP contribution is -2.37. The fourth-order valence-corrected chi connectivity index (χ4v) is 4.38. The minimum Gasteiger partial charge on any atom is -0.271 e. The van der Waals surface area contributed by atoms with Gasteiger partial charge >= 0.3 is 0 Å². The minimum absolute atomic E-state index is 0.559. The molecule has 0 radical (unpaired) electrons.